The van der Waals surface area contributed by atoms with Gasteiger partial charge in [0.05, 0.1) is 12.7 Å². The first-order chi connectivity index (χ1) is 15.3. The van der Waals surface area contributed by atoms with Crippen LogP contribution in [-0.2, 0) is 27.5 Å². The summed E-state index contributed by atoms with van der Waals surface area (Å²) in [5, 5.41) is 4.65. The topological polar surface area (TPSA) is 108 Å². The maximum absolute atomic E-state index is 15.0. The van der Waals surface area contributed by atoms with Crippen molar-refractivity contribution in [3.05, 3.63) is 64.5 Å². The lowest BCUT2D eigenvalue weighted by molar-refractivity contribution is -0.137. The molecule has 162 valence electrons. The van der Waals surface area contributed by atoms with E-state index in [9.17, 15) is 23.6 Å². The Balaban J connectivity index is 1.44. The predicted molar refractivity (Wildman–Crippen MR) is 105 cm³/mol. The number of benzene rings is 1. The molecule has 2 aliphatic rings. The minimum atomic E-state index is -0.842. The third-order valence-corrected chi connectivity index (χ3v) is 5.20. The highest BCUT2D eigenvalue weighted by Gasteiger charge is 2.40. The van der Waals surface area contributed by atoms with Crippen LogP contribution in [0.5, 0.6) is 0 Å². The fourth-order valence-electron chi connectivity index (χ4n) is 3.58. The Morgan fingerprint density at radius 3 is 2.75 bits per heavy atom. The molecule has 0 bridgehead atoms. The molecule has 2 aromatic rings. The van der Waals surface area contributed by atoms with Crippen molar-refractivity contribution in [2.45, 2.75) is 32.0 Å². The average molecular weight is 438 g/mol. The van der Waals surface area contributed by atoms with Gasteiger partial charge in [0.25, 0.3) is 11.8 Å². The van der Waals surface area contributed by atoms with Gasteiger partial charge in [-0.05, 0) is 30.5 Å². The van der Waals surface area contributed by atoms with E-state index in [2.05, 4.69) is 27.5 Å². The molecule has 0 spiro atoms. The summed E-state index contributed by atoms with van der Waals surface area (Å²) >= 11 is 0. The van der Waals surface area contributed by atoms with Crippen molar-refractivity contribution < 1.29 is 28.0 Å². The van der Waals surface area contributed by atoms with Gasteiger partial charge >= 0.3 is 0 Å². The molecule has 10 heteroatoms. The monoisotopic (exact) mass is 438 g/mol. The molecular weight excluding hydrogens is 422 g/mol. The number of piperidine rings is 1. The van der Waals surface area contributed by atoms with Crippen LogP contribution in [0.15, 0.2) is 30.5 Å². The largest absolute Gasteiger partial charge is 0.341 e. The van der Waals surface area contributed by atoms with Gasteiger partial charge in [0.1, 0.15) is 23.4 Å². The minimum Gasteiger partial charge on any atom is -0.341 e. The van der Waals surface area contributed by atoms with Crippen LogP contribution in [-0.4, -0.2) is 39.6 Å². The third kappa shape index (κ3) is 4.18. The molecule has 1 aromatic carbocycles. The van der Waals surface area contributed by atoms with Gasteiger partial charge in [-0.1, -0.05) is 6.07 Å². The number of hydrogen-bond donors (Lipinski definition) is 2. The quantitative estimate of drug-likeness (QED) is 0.544. The summed E-state index contributed by atoms with van der Waals surface area (Å²) in [5.41, 5.74) is 0.631. The van der Waals surface area contributed by atoms with E-state index in [1.54, 1.807) is 0 Å². The average Bonchev–Trinajstić information content (AvgIpc) is 3.10. The number of carbonyl (C=O) groups excluding carboxylic acids is 4. The fourth-order valence-corrected chi connectivity index (χ4v) is 3.58. The lowest BCUT2D eigenvalue weighted by atomic mass is 10.0. The number of nitrogens with zero attached hydrogens (tertiary/aromatic N) is 2. The number of hydrogen-bond acceptors (Lipinski definition) is 5. The number of fused-ring (bicyclic) bond motifs is 1. The van der Waals surface area contributed by atoms with E-state index >= 15 is 4.39 Å². The first-order valence-electron chi connectivity index (χ1n) is 9.70. The zero-order valence-corrected chi connectivity index (χ0v) is 16.6. The Bertz CT molecular complexity index is 1200. The molecule has 2 N–H and O–H groups in total. The number of carbonyl (C=O) groups is 4. The normalized spacial score (nSPS) is 17.4. The molecule has 32 heavy (non-hydrogen) atoms. The lowest BCUT2D eigenvalue weighted by Crippen LogP contribution is -2.52. The molecule has 0 radical (unpaired) electrons. The Kier molecular flexibility index (Phi) is 5.64. The summed E-state index contributed by atoms with van der Waals surface area (Å²) in [6, 6.07) is 4.47. The van der Waals surface area contributed by atoms with Crippen molar-refractivity contribution >= 4 is 23.6 Å². The van der Waals surface area contributed by atoms with Crippen molar-refractivity contribution in [3.63, 3.8) is 0 Å². The number of amides is 4. The number of halogens is 2. The van der Waals surface area contributed by atoms with Crippen LogP contribution in [0.4, 0.5) is 8.78 Å². The van der Waals surface area contributed by atoms with Crippen LogP contribution in [0.25, 0.3) is 0 Å². The van der Waals surface area contributed by atoms with Gasteiger partial charge in [0.2, 0.25) is 11.8 Å². The molecule has 1 saturated heterocycles. The van der Waals surface area contributed by atoms with Crippen molar-refractivity contribution in [2.75, 3.05) is 0 Å². The second-order valence-electron chi connectivity index (χ2n) is 7.26. The highest BCUT2D eigenvalue weighted by atomic mass is 19.1. The smallest absolute Gasteiger partial charge is 0.296 e. The zero-order chi connectivity index (χ0) is 22.8. The summed E-state index contributed by atoms with van der Waals surface area (Å²) in [4.78, 5) is 53.0. The Hall–Kier alpha value is -4.13. The molecule has 1 aromatic heterocycles. The number of aromatic nitrogens is 1. The molecule has 3 heterocycles. The number of rotatable bonds is 3. The van der Waals surface area contributed by atoms with E-state index < -0.39 is 41.3 Å². The summed E-state index contributed by atoms with van der Waals surface area (Å²) in [6.07, 6.45) is 1.25. The van der Waals surface area contributed by atoms with Gasteiger partial charge < -0.3 is 10.2 Å². The van der Waals surface area contributed by atoms with E-state index in [1.165, 1.54) is 23.1 Å². The Labute approximate surface area is 181 Å². The molecule has 1 unspecified atom stereocenters. The van der Waals surface area contributed by atoms with Crippen LogP contribution < -0.4 is 10.6 Å². The minimum absolute atomic E-state index is 0.102. The lowest BCUT2D eigenvalue weighted by Gasteiger charge is -2.29. The van der Waals surface area contributed by atoms with Gasteiger partial charge in [-0.3, -0.25) is 24.5 Å². The molecule has 8 nitrogen and oxygen atoms in total. The van der Waals surface area contributed by atoms with Crippen LogP contribution in [0.2, 0.25) is 0 Å². The van der Waals surface area contributed by atoms with E-state index in [0.29, 0.717) is 0 Å². The molecule has 2 aliphatic heterocycles. The van der Waals surface area contributed by atoms with Crippen molar-refractivity contribution in [3.8, 4) is 11.8 Å². The first kappa shape index (κ1) is 21.1. The summed E-state index contributed by atoms with van der Waals surface area (Å²) in [6.45, 7) is -0.278. The molecule has 4 amide bonds. The van der Waals surface area contributed by atoms with E-state index in [1.807, 2.05) is 0 Å². The molecule has 0 saturated carbocycles. The maximum Gasteiger partial charge on any atom is 0.296 e. The zero-order valence-electron chi connectivity index (χ0n) is 16.6. The molecule has 4 rings (SSSR count). The third-order valence-electron chi connectivity index (χ3n) is 5.20. The first-order valence-corrected chi connectivity index (χ1v) is 9.70. The fraction of sp³-hybridized carbons (Fsp3) is 0.227. The van der Waals surface area contributed by atoms with Gasteiger partial charge in [-0.2, -0.15) is 0 Å². The van der Waals surface area contributed by atoms with Crippen LogP contribution in [0, 0.1) is 23.5 Å². The molecular formula is C22H16F2N4O4. The Morgan fingerprint density at radius 1 is 1.22 bits per heavy atom. The number of imide groups is 1. The van der Waals surface area contributed by atoms with Crippen molar-refractivity contribution in [1.29, 1.82) is 0 Å². The van der Waals surface area contributed by atoms with Gasteiger partial charge in [-0.15, -0.1) is 0 Å². The van der Waals surface area contributed by atoms with E-state index in [0.717, 1.165) is 12.3 Å². The molecule has 1 atom stereocenters. The second-order valence-corrected chi connectivity index (χ2v) is 7.26. The summed E-state index contributed by atoms with van der Waals surface area (Å²) in [5.74, 6) is 1.43. The van der Waals surface area contributed by atoms with Gasteiger partial charge in [0.15, 0.2) is 0 Å². The van der Waals surface area contributed by atoms with Gasteiger partial charge in [-0.25, -0.2) is 13.8 Å². The SMILES string of the molecule is O=C(C#Cc1ccc(F)cn1)NCc1ccc2c(c1F)CN(C1CCC(=O)NC1=O)C2=O. The standard InChI is InChI=1S/C22H16F2N4O4/c23-13-2-3-14(25-10-13)4-7-18(29)26-9-12-1-5-15-16(20(12)24)11-28(22(15)32)17-6-8-19(30)27-21(17)31/h1-3,5,10,17H,6,8-9,11H2,(H,26,29)(H,27,30,31). The number of nitrogens with one attached hydrogen (secondary N) is 2. The number of pyridine rings is 1. The molecule has 1 fully saturated rings. The predicted octanol–water partition coefficient (Wildman–Crippen LogP) is 0.789. The van der Waals surface area contributed by atoms with Crippen molar-refractivity contribution in [1.82, 2.24) is 20.5 Å². The second kappa shape index (κ2) is 8.55. The highest BCUT2D eigenvalue weighted by Crippen LogP contribution is 2.30. The maximum atomic E-state index is 15.0. The Morgan fingerprint density at radius 2 is 2.03 bits per heavy atom. The van der Waals surface area contributed by atoms with Crippen molar-refractivity contribution in [2.24, 2.45) is 0 Å². The summed E-state index contributed by atoms with van der Waals surface area (Å²) < 4.78 is 27.9. The van der Waals surface area contributed by atoms with Gasteiger partial charge in [0, 0.05) is 35.6 Å². The van der Waals surface area contributed by atoms with E-state index in [-0.39, 0.29) is 48.3 Å². The van der Waals surface area contributed by atoms with Crippen LogP contribution in [0.1, 0.15) is 40.0 Å². The van der Waals surface area contributed by atoms with E-state index in [4.69, 9.17) is 0 Å². The highest BCUT2D eigenvalue weighted by molar-refractivity contribution is 6.05. The molecule has 0 aliphatic carbocycles. The van der Waals surface area contributed by atoms with Crippen LogP contribution >= 0.6 is 0 Å². The summed E-state index contributed by atoms with van der Waals surface area (Å²) in [7, 11) is 0. The van der Waals surface area contributed by atoms with Crippen LogP contribution in [0.3, 0.4) is 0 Å².